The predicted octanol–water partition coefficient (Wildman–Crippen LogP) is 2.22. The van der Waals surface area contributed by atoms with E-state index in [0.29, 0.717) is 19.5 Å². The lowest BCUT2D eigenvalue weighted by atomic mass is 10.1. The van der Waals surface area contributed by atoms with Gasteiger partial charge in [0.1, 0.15) is 0 Å². The van der Waals surface area contributed by atoms with E-state index in [9.17, 15) is 9.90 Å². The summed E-state index contributed by atoms with van der Waals surface area (Å²) in [6.45, 7) is 0.912. The van der Waals surface area contributed by atoms with Crippen LogP contribution >= 0.6 is 0 Å². The van der Waals surface area contributed by atoms with Crippen LogP contribution in [-0.4, -0.2) is 51.4 Å². The van der Waals surface area contributed by atoms with Crippen LogP contribution in [0.25, 0.3) is 16.9 Å². The van der Waals surface area contributed by atoms with E-state index in [0.717, 1.165) is 22.5 Å². The van der Waals surface area contributed by atoms with E-state index < -0.39 is 6.10 Å². The Bertz CT molecular complexity index is 940. The lowest BCUT2D eigenvalue weighted by Gasteiger charge is -2.21. The Hall–Kier alpha value is -2.96. The van der Waals surface area contributed by atoms with Gasteiger partial charge in [-0.15, -0.1) is 0 Å². The largest absolute Gasteiger partial charge is 0.392 e. The molecular formula is C22H24N4O2. The number of nitrogens with one attached hydrogen (secondary N) is 1. The van der Waals surface area contributed by atoms with Gasteiger partial charge in [0.25, 0.3) is 0 Å². The molecule has 4 rings (SSSR count). The van der Waals surface area contributed by atoms with E-state index in [1.807, 2.05) is 71.5 Å². The number of likely N-dealkylation sites (N-methyl/N-ethyl adjacent to an activating group) is 1. The van der Waals surface area contributed by atoms with E-state index in [1.54, 1.807) is 11.9 Å². The van der Waals surface area contributed by atoms with E-state index in [4.69, 9.17) is 5.10 Å². The maximum Gasteiger partial charge on any atom is 0.239 e. The average molecular weight is 376 g/mol. The molecule has 0 bridgehead atoms. The van der Waals surface area contributed by atoms with Crippen LogP contribution in [0, 0.1) is 0 Å². The third-order valence-corrected chi connectivity index (χ3v) is 5.05. The summed E-state index contributed by atoms with van der Waals surface area (Å²) in [5.74, 6) is -0.0111. The zero-order valence-corrected chi connectivity index (χ0v) is 15.8. The molecule has 0 aliphatic carbocycles. The monoisotopic (exact) mass is 376 g/mol. The Kier molecular flexibility index (Phi) is 5.23. The Balaban J connectivity index is 1.63. The number of β-amino-alcohol motifs (C(OH)–C–C–N with tert-alkyl or cyclic N) is 1. The zero-order valence-electron chi connectivity index (χ0n) is 15.8. The number of benzene rings is 2. The molecule has 2 atom stereocenters. The summed E-state index contributed by atoms with van der Waals surface area (Å²) in [7, 11) is 1.79. The third kappa shape index (κ3) is 3.83. The van der Waals surface area contributed by atoms with Crippen LogP contribution in [0.4, 0.5) is 0 Å². The van der Waals surface area contributed by atoms with Gasteiger partial charge < -0.3 is 15.3 Å². The molecule has 6 nitrogen and oxygen atoms in total. The van der Waals surface area contributed by atoms with Gasteiger partial charge in [0.2, 0.25) is 5.91 Å². The maximum absolute atomic E-state index is 12.7. The number of carbonyl (C=O) groups excluding carboxylic acids is 1. The van der Waals surface area contributed by atoms with Crippen LogP contribution in [0.15, 0.2) is 66.9 Å². The van der Waals surface area contributed by atoms with Crippen molar-refractivity contribution in [3.05, 3.63) is 72.4 Å². The zero-order chi connectivity index (χ0) is 19.5. The molecule has 0 radical (unpaired) electrons. The highest BCUT2D eigenvalue weighted by atomic mass is 16.3. The summed E-state index contributed by atoms with van der Waals surface area (Å²) in [6.07, 6.45) is 1.99. The second kappa shape index (κ2) is 7.96. The molecular weight excluding hydrogens is 352 g/mol. The number of nitrogens with zero attached hydrogens (tertiary/aromatic N) is 3. The molecule has 3 aromatic rings. The number of rotatable bonds is 5. The highest BCUT2D eigenvalue weighted by Gasteiger charge is 2.30. The van der Waals surface area contributed by atoms with Crippen LogP contribution in [0.5, 0.6) is 0 Å². The van der Waals surface area contributed by atoms with Gasteiger partial charge in [-0.3, -0.25) is 4.79 Å². The van der Waals surface area contributed by atoms with Crippen LogP contribution in [-0.2, 0) is 11.3 Å². The first-order valence-corrected chi connectivity index (χ1v) is 9.47. The van der Waals surface area contributed by atoms with Crippen LogP contribution in [0.2, 0.25) is 0 Å². The van der Waals surface area contributed by atoms with Gasteiger partial charge in [0, 0.05) is 37.5 Å². The number of aliphatic hydroxyl groups excluding tert-OH is 1. The van der Waals surface area contributed by atoms with Crippen molar-refractivity contribution in [3.63, 3.8) is 0 Å². The van der Waals surface area contributed by atoms with E-state index in [1.165, 1.54) is 0 Å². The Morgan fingerprint density at radius 3 is 2.50 bits per heavy atom. The number of aliphatic hydroxyl groups is 1. The fourth-order valence-electron chi connectivity index (χ4n) is 3.58. The molecule has 2 aromatic carbocycles. The number of carbonyl (C=O) groups is 1. The highest BCUT2D eigenvalue weighted by molar-refractivity contribution is 5.82. The molecule has 144 valence electrons. The molecule has 2 heterocycles. The number of amides is 1. The van der Waals surface area contributed by atoms with Gasteiger partial charge in [0.05, 0.1) is 23.5 Å². The molecule has 0 unspecified atom stereocenters. The van der Waals surface area contributed by atoms with Crippen LogP contribution in [0.1, 0.15) is 12.0 Å². The summed E-state index contributed by atoms with van der Waals surface area (Å²) in [4.78, 5) is 14.4. The molecule has 1 aliphatic rings. The molecule has 0 spiro atoms. The van der Waals surface area contributed by atoms with Gasteiger partial charge in [-0.05, 0) is 18.6 Å². The SMILES string of the molecule is CN(Cc1cn(-c2ccccc2)nc1-c1ccccc1)C(=O)[C@H]1C[C@@H](O)CN1. The smallest absolute Gasteiger partial charge is 0.239 e. The lowest BCUT2D eigenvalue weighted by Crippen LogP contribution is -2.41. The van der Waals surface area contributed by atoms with Gasteiger partial charge in [-0.25, -0.2) is 4.68 Å². The molecule has 1 aliphatic heterocycles. The summed E-state index contributed by atoms with van der Waals surface area (Å²) in [6, 6.07) is 19.6. The Labute approximate surface area is 164 Å². The van der Waals surface area contributed by atoms with E-state index >= 15 is 0 Å². The summed E-state index contributed by atoms with van der Waals surface area (Å²) in [5, 5.41) is 17.6. The van der Waals surface area contributed by atoms with Crippen LogP contribution in [0.3, 0.4) is 0 Å². The molecule has 0 saturated carbocycles. The summed E-state index contributed by atoms with van der Waals surface area (Å²) >= 11 is 0. The van der Waals surface area contributed by atoms with Gasteiger partial charge in [0.15, 0.2) is 0 Å². The van der Waals surface area contributed by atoms with E-state index in [2.05, 4.69) is 5.32 Å². The molecule has 1 aromatic heterocycles. The van der Waals surface area contributed by atoms with Gasteiger partial charge >= 0.3 is 0 Å². The second-order valence-corrected chi connectivity index (χ2v) is 7.19. The van der Waals surface area contributed by atoms with Gasteiger partial charge in [-0.1, -0.05) is 48.5 Å². The molecule has 6 heteroatoms. The summed E-state index contributed by atoms with van der Waals surface area (Å²) in [5.41, 5.74) is 3.83. The van der Waals surface area contributed by atoms with Crippen molar-refractivity contribution >= 4 is 5.91 Å². The minimum absolute atomic E-state index is 0.0111. The quantitative estimate of drug-likeness (QED) is 0.716. The average Bonchev–Trinajstić information content (AvgIpc) is 3.35. The van der Waals surface area contributed by atoms with Crippen LogP contribution < -0.4 is 5.32 Å². The van der Waals surface area contributed by atoms with Crippen molar-refractivity contribution < 1.29 is 9.90 Å². The van der Waals surface area contributed by atoms with Crippen molar-refractivity contribution in [1.29, 1.82) is 0 Å². The van der Waals surface area contributed by atoms with Crippen molar-refractivity contribution in [3.8, 4) is 16.9 Å². The number of hydrogen-bond acceptors (Lipinski definition) is 4. The maximum atomic E-state index is 12.7. The molecule has 1 saturated heterocycles. The van der Waals surface area contributed by atoms with Crippen molar-refractivity contribution in [2.24, 2.45) is 0 Å². The van der Waals surface area contributed by atoms with Crippen molar-refractivity contribution in [2.45, 2.75) is 25.1 Å². The molecule has 1 fully saturated rings. The summed E-state index contributed by atoms with van der Waals surface area (Å²) < 4.78 is 1.85. The van der Waals surface area contributed by atoms with Crippen molar-refractivity contribution in [2.75, 3.05) is 13.6 Å². The van der Waals surface area contributed by atoms with E-state index in [-0.39, 0.29) is 11.9 Å². The number of aromatic nitrogens is 2. The highest BCUT2D eigenvalue weighted by Crippen LogP contribution is 2.25. The Morgan fingerprint density at radius 2 is 1.86 bits per heavy atom. The normalized spacial score (nSPS) is 18.9. The third-order valence-electron chi connectivity index (χ3n) is 5.05. The first-order valence-electron chi connectivity index (χ1n) is 9.47. The predicted molar refractivity (Wildman–Crippen MR) is 108 cm³/mol. The first kappa shape index (κ1) is 18.4. The molecule has 1 amide bonds. The number of hydrogen-bond donors (Lipinski definition) is 2. The Morgan fingerprint density at radius 1 is 1.18 bits per heavy atom. The minimum Gasteiger partial charge on any atom is -0.392 e. The second-order valence-electron chi connectivity index (χ2n) is 7.19. The lowest BCUT2D eigenvalue weighted by molar-refractivity contribution is -0.132. The minimum atomic E-state index is -0.455. The molecule has 2 N–H and O–H groups in total. The fourth-order valence-corrected chi connectivity index (χ4v) is 3.58. The van der Waals surface area contributed by atoms with Crippen molar-refractivity contribution in [1.82, 2.24) is 20.0 Å². The first-order chi connectivity index (χ1) is 13.6. The van der Waals surface area contributed by atoms with Gasteiger partial charge in [-0.2, -0.15) is 5.10 Å². The molecule has 28 heavy (non-hydrogen) atoms. The topological polar surface area (TPSA) is 70.4 Å². The standard InChI is InChI=1S/C22H24N4O2/c1-25(22(28)20-12-19(27)13-23-20)14-17-15-26(18-10-6-3-7-11-18)24-21(17)16-8-4-2-5-9-16/h2-11,15,19-20,23,27H,12-14H2,1H3/t19-,20-/m1/s1. The fraction of sp³-hybridized carbons (Fsp3) is 0.273. The number of para-hydroxylation sites is 1.